The Balaban J connectivity index is 3.06. The van der Waals surface area contributed by atoms with E-state index in [0.29, 0.717) is 0 Å². The number of hydrogen-bond donors (Lipinski definition) is 0. The molecule has 0 aliphatic rings. The molecule has 76 valence electrons. The molecule has 0 N–H and O–H groups in total. The molecule has 0 spiro atoms. The number of hydrogen-bond acceptors (Lipinski definition) is 3. The molecule has 2 aromatic rings. The fourth-order valence-corrected chi connectivity index (χ4v) is 1.10. The summed E-state index contributed by atoms with van der Waals surface area (Å²) in [5.74, 6) is -5.04. The fraction of sp³-hybridized carbons (Fsp3) is 0. The van der Waals surface area contributed by atoms with Gasteiger partial charge in [0.05, 0.1) is 0 Å². The van der Waals surface area contributed by atoms with Gasteiger partial charge in [-0.2, -0.15) is 8.78 Å². The molecule has 0 saturated carbocycles. The highest BCUT2D eigenvalue weighted by Crippen LogP contribution is 2.31. The van der Waals surface area contributed by atoms with Gasteiger partial charge >= 0.3 is 5.69 Å². The Hall–Kier alpha value is -2.24. The number of halogens is 4. The van der Waals surface area contributed by atoms with Crippen LogP contribution >= 0.6 is 0 Å². The smallest absolute Gasteiger partial charge is 0.201 e. The largest absolute Gasteiger partial charge is 0.460 e. The molecule has 15 heavy (non-hydrogen) atoms. The summed E-state index contributed by atoms with van der Waals surface area (Å²) in [7, 11) is 0. The van der Waals surface area contributed by atoms with E-state index in [2.05, 4.69) is 15.3 Å². The number of benzene rings is 1. The molecular weight excluding hydrogens is 218 g/mol. The van der Waals surface area contributed by atoms with Gasteiger partial charge < -0.3 is 0 Å². The minimum atomic E-state index is -1.82. The summed E-state index contributed by atoms with van der Waals surface area (Å²) in [5, 5.41) is 13.8. The average molecular weight is 218 g/mol. The lowest BCUT2D eigenvalue weighted by Gasteiger charge is -1.92. The van der Waals surface area contributed by atoms with Crippen molar-refractivity contribution < 1.29 is 17.7 Å². The van der Waals surface area contributed by atoms with Crippen molar-refractivity contribution in [3.8, 4) is 0 Å². The van der Waals surface area contributed by atoms with Gasteiger partial charge in [0.1, 0.15) is 0 Å². The van der Waals surface area contributed by atoms with Crippen LogP contribution in [-0.2, 0) is 0 Å². The van der Waals surface area contributed by atoms with Crippen molar-refractivity contribution in [2.24, 2.45) is 0 Å². The molecule has 0 bridgehead atoms. The molecule has 1 aromatic carbocycles. The monoisotopic (exact) mass is 218 g/mol. The molecule has 0 unspecified atom stereocenters. The summed E-state index contributed by atoms with van der Waals surface area (Å²) < 4.78 is 51.9. The highest BCUT2D eigenvalue weighted by molar-refractivity contribution is 5.80. The Morgan fingerprint density at radius 3 is 2.40 bits per heavy atom. The van der Waals surface area contributed by atoms with Gasteiger partial charge in [-0.1, -0.05) is 9.39 Å². The van der Waals surface area contributed by atoms with E-state index >= 15 is 0 Å². The van der Waals surface area contributed by atoms with Gasteiger partial charge in [0.15, 0.2) is 21.8 Å². The number of rotatable bonds is 0. The molecule has 0 radical (unpaired) electrons. The first-order valence-electron chi connectivity index (χ1n) is 3.51. The minimum absolute atomic E-state index is 0.613. The molecule has 1 aromatic heterocycles. The molecule has 0 amide bonds. The van der Waals surface area contributed by atoms with Gasteiger partial charge in [-0.05, 0) is 5.21 Å². The van der Waals surface area contributed by atoms with Crippen LogP contribution in [0.5, 0.6) is 0 Å². The molecule has 5 nitrogen and oxygen atoms in total. The van der Waals surface area contributed by atoms with Crippen LogP contribution in [-0.4, -0.2) is 15.2 Å². The lowest BCUT2D eigenvalue weighted by molar-refractivity contribution is 0.316. The third-order valence-corrected chi connectivity index (χ3v) is 1.76. The van der Waals surface area contributed by atoms with Crippen LogP contribution in [0, 0.1) is 22.8 Å². The summed E-state index contributed by atoms with van der Waals surface area (Å²) in [5.41, 5.74) is -3.22. The summed E-state index contributed by atoms with van der Waals surface area (Å²) >= 11 is 0. The third-order valence-electron chi connectivity index (χ3n) is 1.76. The van der Waals surface area contributed by atoms with Crippen LogP contribution in [0.2, 0.25) is 0 Å². The Morgan fingerprint density at radius 1 is 1.13 bits per heavy atom. The molecule has 0 aliphatic heterocycles. The second-order valence-corrected chi connectivity index (χ2v) is 2.54. The van der Waals surface area contributed by atoms with E-state index in [9.17, 15) is 17.7 Å². The van der Waals surface area contributed by atoms with E-state index in [-0.39, 0.29) is 0 Å². The summed E-state index contributed by atoms with van der Waals surface area (Å²) in [4.78, 5) is 1.59. The SMILES string of the molecule is N#[N+]c1c(F)c(F)c2c(nnn2F)c1F. The normalized spacial score (nSPS) is 10.6. The zero-order chi connectivity index (χ0) is 11.2. The van der Waals surface area contributed by atoms with E-state index in [1.807, 2.05) is 0 Å². The van der Waals surface area contributed by atoms with Crippen LogP contribution in [0.15, 0.2) is 0 Å². The average Bonchev–Trinajstić information content (AvgIpc) is 2.58. The van der Waals surface area contributed by atoms with Crippen LogP contribution in [0.4, 0.5) is 23.3 Å². The number of diazo groups is 1. The first kappa shape index (κ1) is 9.32. The number of aromatic nitrogens is 3. The molecule has 0 fully saturated rings. The van der Waals surface area contributed by atoms with E-state index in [1.165, 1.54) is 0 Å². The van der Waals surface area contributed by atoms with E-state index in [1.54, 1.807) is 0 Å². The molecule has 1 heterocycles. The van der Waals surface area contributed by atoms with Gasteiger partial charge in [0.2, 0.25) is 5.39 Å². The lowest BCUT2D eigenvalue weighted by atomic mass is 10.2. The predicted molar refractivity (Wildman–Crippen MR) is 38.7 cm³/mol. The Labute approximate surface area is 78.5 Å². The topological polar surface area (TPSA) is 58.9 Å². The van der Waals surface area contributed by atoms with Crippen LogP contribution in [0.25, 0.3) is 16.0 Å². The Kier molecular flexibility index (Phi) is 1.79. The third kappa shape index (κ3) is 1.04. The quantitative estimate of drug-likeness (QED) is 0.386. The summed E-state index contributed by atoms with van der Waals surface area (Å²) in [6.07, 6.45) is 0. The Morgan fingerprint density at radius 2 is 1.80 bits per heavy atom. The predicted octanol–water partition coefficient (Wildman–Crippen LogP) is 2.07. The highest BCUT2D eigenvalue weighted by atomic mass is 19.2. The second-order valence-electron chi connectivity index (χ2n) is 2.54. The van der Waals surface area contributed by atoms with Crippen molar-refractivity contribution in [3.05, 3.63) is 22.4 Å². The Bertz CT molecular complexity index is 598. The molecular formula is C6F4N5+. The van der Waals surface area contributed by atoms with E-state index < -0.39 is 39.1 Å². The first-order chi connectivity index (χ1) is 7.07. The van der Waals surface area contributed by atoms with Crippen molar-refractivity contribution in [1.29, 1.82) is 5.39 Å². The fourth-order valence-electron chi connectivity index (χ4n) is 1.10. The molecule has 0 atom stereocenters. The summed E-state index contributed by atoms with van der Waals surface area (Å²) in [6.45, 7) is 0. The maximum atomic E-state index is 13.2. The van der Waals surface area contributed by atoms with Gasteiger partial charge in [-0.15, -0.1) is 5.10 Å². The second kappa shape index (κ2) is 2.88. The van der Waals surface area contributed by atoms with E-state index in [0.717, 1.165) is 0 Å². The van der Waals surface area contributed by atoms with Gasteiger partial charge in [-0.25, -0.2) is 4.39 Å². The number of fused-ring (bicyclic) bond motifs is 1. The highest BCUT2D eigenvalue weighted by Gasteiger charge is 2.33. The minimum Gasteiger partial charge on any atom is -0.201 e. The lowest BCUT2D eigenvalue weighted by Crippen LogP contribution is -1.94. The zero-order valence-electron chi connectivity index (χ0n) is 6.75. The van der Waals surface area contributed by atoms with Crippen molar-refractivity contribution >= 4 is 16.7 Å². The van der Waals surface area contributed by atoms with Crippen molar-refractivity contribution in [1.82, 2.24) is 15.2 Å². The molecule has 0 aliphatic carbocycles. The molecule has 9 heteroatoms. The number of nitrogens with zero attached hydrogens (tertiary/aromatic N) is 5. The molecule has 0 saturated heterocycles. The van der Waals surface area contributed by atoms with Crippen LogP contribution in [0.1, 0.15) is 0 Å². The first-order valence-corrected chi connectivity index (χ1v) is 3.51. The molecule has 2 rings (SSSR count). The van der Waals surface area contributed by atoms with Gasteiger partial charge in [0, 0.05) is 0 Å². The van der Waals surface area contributed by atoms with Crippen molar-refractivity contribution in [3.63, 3.8) is 0 Å². The van der Waals surface area contributed by atoms with Crippen molar-refractivity contribution in [2.45, 2.75) is 0 Å². The van der Waals surface area contributed by atoms with Crippen LogP contribution in [0.3, 0.4) is 0 Å². The van der Waals surface area contributed by atoms with Gasteiger partial charge in [-0.3, -0.25) is 0 Å². The maximum Gasteiger partial charge on any atom is 0.460 e. The van der Waals surface area contributed by atoms with Crippen molar-refractivity contribution in [2.75, 3.05) is 0 Å². The standard InChI is InChI=1S/C6F4N5/c7-1-2(8)6-5(13-14-15(6)10)3(9)4(1)12-11/q+1. The zero-order valence-corrected chi connectivity index (χ0v) is 6.75. The summed E-state index contributed by atoms with van der Waals surface area (Å²) in [6, 6.07) is 0. The maximum absolute atomic E-state index is 13.2. The van der Waals surface area contributed by atoms with E-state index in [4.69, 9.17) is 5.39 Å². The van der Waals surface area contributed by atoms with Gasteiger partial charge in [0.25, 0.3) is 11.6 Å². The van der Waals surface area contributed by atoms with Crippen LogP contribution < -0.4 is 0 Å².